The van der Waals surface area contributed by atoms with Gasteiger partial charge in [0.1, 0.15) is 4.60 Å². The molecular formula is C10H12BrNO2. The fourth-order valence-corrected chi connectivity index (χ4v) is 1.72. The molecule has 1 aromatic heterocycles. The van der Waals surface area contributed by atoms with Gasteiger partial charge in [0, 0.05) is 18.6 Å². The van der Waals surface area contributed by atoms with Gasteiger partial charge >= 0.3 is 0 Å². The molecule has 3 nitrogen and oxygen atoms in total. The zero-order chi connectivity index (χ0) is 9.80. The summed E-state index contributed by atoms with van der Waals surface area (Å²) in [6.07, 6.45) is 1.09. The first-order valence-corrected chi connectivity index (χ1v) is 5.47. The zero-order valence-corrected chi connectivity index (χ0v) is 9.37. The van der Waals surface area contributed by atoms with Gasteiger partial charge in [0.2, 0.25) is 5.88 Å². The minimum Gasteiger partial charge on any atom is -0.477 e. The zero-order valence-electron chi connectivity index (χ0n) is 7.78. The van der Waals surface area contributed by atoms with E-state index in [9.17, 15) is 0 Å². The van der Waals surface area contributed by atoms with Crippen molar-refractivity contribution in [2.45, 2.75) is 6.42 Å². The molecule has 0 amide bonds. The molecule has 76 valence electrons. The van der Waals surface area contributed by atoms with E-state index in [1.165, 1.54) is 0 Å². The number of pyridine rings is 1. The molecule has 0 N–H and O–H groups in total. The molecule has 0 bridgehead atoms. The third-order valence-electron chi connectivity index (χ3n) is 2.18. The molecule has 1 aliphatic heterocycles. The van der Waals surface area contributed by atoms with Crippen molar-refractivity contribution in [2.24, 2.45) is 5.92 Å². The Morgan fingerprint density at radius 3 is 3.21 bits per heavy atom. The van der Waals surface area contributed by atoms with E-state index in [1.807, 2.05) is 18.2 Å². The van der Waals surface area contributed by atoms with E-state index in [0.717, 1.165) is 24.2 Å². The van der Waals surface area contributed by atoms with Crippen molar-refractivity contribution in [3.63, 3.8) is 0 Å². The smallest absolute Gasteiger partial charge is 0.214 e. The predicted molar refractivity (Wildman–Crippen MR) is 56.4 cm³/mol. The lowest BCUT2D eigenvalue weighted by atomic mass is 10.1. The second-order valence-corrected chi connectivity index (χ2v) is 4.15. The molecule has 1 fully saturated rings. The van der Waals surface area contributed by atoms with Gasteiger partial charge in [-0.15, -0.1) is 0 Å². The normalized spacial score (nSPS) is 21.1. The van der Waals surface area contributed by atoms with Crippen molar-refractivity contribution >= 4 is 15.9 Å². The van der Waals surface area contributed by atoms with E-state index in [2.05, 4.69) is 20.9 Å². The highest BCUT2D eigenvalue weighted by Crippen LogP contribution is 2.16. The van der Waals surface area contributed by atoms with E-state index >= 15 is 0 Å². The van der Waals surface area contributed by atoms with E-state index in [-0.39, 0.29) is 0 Å². The van der Waals surface area contributed by atoms with Gasteiger partial charge < -0.3 is 9.47 Å². The van der Waals surface area contributed by atoms with Crippen LogP contribution in [0.4, 0.5) is 0 Å². The van der Waals surface area contributed by atoms with Crippen molar-refractivity contribution in [3.8, 4) is 5.88 Å². The SMILES string of the molecule is Brc1cccc(OCC2CCOC2)n1. The molecule has 2 rings (SSSR count). The number of rotatable bonds is 3. The maximum Gasteiger partial charge on any atom is 0.214 e. The Labute approximate surface area is 91.6 Å². The summed E-state index contributed by atoms with van der Waals surface area (Å²) in [7, 11) is 0. The van der Waals surface area contributed by atoms with E-state index < -0.39 is 0 Å². The highest BCUT2D eigenvalue weighted by Gasteiger charge is 2.16. The molecule has 14 heavy (non-hydrogen) atoms. The van der Waals surface area contributed by atoms with Crippen molar-refractivity contribution < 1.29 is 9.47 Å². The van der Waals surface area contributed by atoms with Crippen LogP contribution in [0, 0.1) is 5.92 Å². The lowest BCUT2D eigenvalue weighted by molar-refractivity contribution is 0.165. The van der Waals surface area contributed by atoms with Crippen LogP contribution in [0.15, 0.2) is 22.8 Å². The summed E-state index contributed by atoms with van der Waals surface area (Å²) >= 11 is 3.30. The van der Waals surface area contributed by atoms with Crippen LogP contribution in [0.2, 0.25) is 0 Å². The Hall–Kier alpha value is -0.610. The minimum atomic E-state index is 0.524. The Morgan fingerprint density at radius 2 is 2.50 bits per heavy atom. The number of nitrogens with zero attached hydrogens (tertiary/aromatic N) is 1. The van der Waals surface area contributed by atoms with Gasteiger partial charge in [-0.3, -0.25) is 0 Å². The summed E-state index contributed by atoms with van der Waals surface area (Å²) in [5.41, 5.74) is 0. The Balaban J connectivity index is 1.85. The van der Waals surface area contributed by atoms with Crippen molar-refractivity contribution in [2.75, 3.05) is 19.8 Å². The molecule has 1 atom stereocenters. The fraction of sp³-hybridized carbons (Fsp3) is 0.500. The van der Waals surface area contributed by atoms with Crippen LogP contribution in [0.1, 0.15) is 6.42 Å². The average Bonchev–Trinajstić information content (AvgIpc) is 2.67. The van der Waals surface area contributed by atoms with Crippen LogP contribution >= 0.6 is 15.9 Å². The number of halogens is 1. The lowest BCUT2D eigenvalue weighted by Crippen LogP contribution is -2.12. The maximum atomic E-state index is 5.55. The number of ether oxygens (including phenoxy) is 2. The van der Waals surface area contributed by atoms with Gasteiger partial charge in [0.15, 0.2) is 0 Å². The van der Waals surface area contributed by atoms with Crippen LogP contribution in [-0.4, -0.2) is 24.8 Å². The molecule has 1 aromatic rings. The van der Waals surface area contributed by atoms with Crippen molar-refractivity contribution in [1.82, 2.24) is 4.98 Å². The van der Waals surface area contributed by atoms with Crippen LogP contribution in [-0.2, 0) is 4.74 Å². The highest BCUT2D eigenvalue weighted by molar-refractivity contribution is 9.10. The minimum absolute atomic E-state index is 0.524. The molecule has 1 saturated heterocycles. The number of hydrogen-bond donors (Lipinski definition) is 0. The topological polar surface area (TPSA) is 31.4 Å². The van der Waals surface area contributed by atoms with Crippen LogP contribution in [0.25, 0.3) is 0 Å². The second kappa shape index (κ2) is 4.75. The van der Waals surface area contributed by atoms with Gasteiger partial charge in [-0.2, -0.15) is 0 Å². The summed E-state index contributed by atoms with van der Waals surface area (Å²) in [4.78, 5) is 4.19. The van der Waals surface area contributed by atoms with Gasteiger partial charge in [0.25, 0.3) is 0 Å². The molecular weight excluding hydrogens is 246 g/mol. The molecule has 1 aliphatic rings. The molecule has 0 aromatic carbocycles. The standard InChI is InChI=1S/C10H12BrNO2/c11-9-2-1-3-10(12-9)14-7-8-4-5-13-6-8/h1-3,8H,4-7H2. The number of hydrogen-bond acceptors (Lipinski definition) is 3. The summed E-state index contributed by atoms with van der Waals surface area (Å²) in [6.45, 7) is 2.37. The molecule has 0 aliphatic carbocycles. The Bertz CT molecular complexity index is 300. The van der Waals surface area contributed by atoms with Gasteiger partial charge in [-0.25, -0.2) is 4.98 Å². The Morgan fingerprint density at radius 1 is 1.57 bits per heavy atom. The van der Waals surface area contributed by atoms with Gasteiger partial charge in [0.05, 0.1) is 13.2 Å². The van der Waals surface area contributed by atoms with Gasteiger partial charge in [-0.1, -0.05) is 6.07 Å². The molecule has 2 heterocycles. The molecule has 1 unspecified atom stereocenters. The van der Waals surface area contributed by atoms with E-state index in [0.29, 0.717) is 18.4 Å². The van der Waals surface area contributed by atoms with Gasteiger partial charge in [-0.05, 0) is 28.4 Å². The lowest BCUT2D eigenvalue weighted by Gasteiger charge is -2.09. The predicted octanol–water partition coefficient (Wildman–Crippen LogP) is 2.26. The van der Waals surface area contributed by atoms with Crippen LogP contribution < -0.4 is 4.74 Å². The first-order valence-electron chi connectivity index (χ1n) is 4.68. The summed E-state index contributed by atoms with van der Waals surface area (Å²) in [5, 5.41) is 0. The van der Waals surface area contributed by atoms with Crippen LogP contribution in [0.3, 0.4) is 0 Å². The molecule has 0 spiro atoms. The molecule has 4 heteroatoms. The summed E-state index contributed by atoms with van der Waals surface area (Å²) in [5.74, 6) is 1.20. The maximum absolute atomic E-state index is 5.55. The van der Waals surface area contributed by atoms with E-state index in [4.69, 9.17) is 9.47 Å². The third-order valence-corrected chi connectivity index (χ3v) is 2.62. The molecule has 0 saturated carbocycles. The fourth-order valence-electron chi connectivity index (χ4n) is 1.39. The third kappa shape index (κ3) is 2.69. The average molecular weight is 258 g/mol. The van der Waals surface area contributed by atoms with Crippen LogP contribution in [0.5, 0.6) is 5.88 Å². The first kappa shape index (κ1) is 9.93. The van der Waals surface area contributed by atoms with Crippen molar-refractivity contribution in [3.05, 3.63) is 22.8 Å². The Kier molecular flexibility index (Phi) is 3.37. The molecule has 0 radical (unpaired) electrons. The van der Waals surface area contributed by atoms with Crippen molar-refractivity contribution in [1.29, 1.82) is 0 Å². The quantitative estimate of drug-likeness (QED) is 0.779. The largest absolute Gasteiger partial charge is 0.477 e. The highest BCUT2D eigenvalue weighted by atomic mass is 79.9. The monoisotopic (exact) mass is 257 g/mol. The number of aromatic nitrogens is 1. The second-order valence-electron chi connectivity index (χ2n) is 3.34. The summed E-state index contributed by atoms with van der Waals surface area (Å²) < 4.78 is 11.6. The first-order chi connectivity index (χ1) is 6.84. The summed E-state index contributed by atoms with van der Waals surface area (Å²) in [6, 6.07) is 5.66. The van der Waals surface area contributed by atoms with E-state index in [1.54, 1.807) is 0 Å².